The molecule has 4 aliphatic heterocycles. The molecular weight excluding hydrogens is 448 g/mol. The molecule has 1 aromatic carbocycles. The minimum Gasteiger partial charge on any atom is -0.384 e. The van der Waals surface area contributed by atoms with Crippen molar-refractivity contribution in [2.24, 2.45) is 5.92 Å². The quantitative estimate of drug-likeness (QED) is 0.389. The van der Waals surface area contributed by atoms with E-state index in [4.69, 9.17) is 4.74 Å². The second-order valence-corrected chi connectivity index (χ2v) is 10.1. The van der Waals surface area contributed by atoms with Crippen molar-refractivity contribution in [2.45, 2.75) is 63.5 Å². The molecule has 35 heavy (non-hydrogen) atoms. The molecule has 4 heterocycles. The van der Waals surface area contributed by atoms with Crippen molar-refractivity contribution in [2.75, 3.05) is 38.2 Å². The molecule has 3 atom stereocenters. The fraction of sp³-hybridized carbons (Fsp3) is 0.615. The molecule has 9 nitrogen and oxygen atoms in total. The van der Waals surface area contributed by atoms with Crippen LogP contribution in [-0.2, 0) is 14.3 Å². The van der Waals surface area contributed by atoms with Gasteiger partial charge in [-0.1, -0.05) is 6.07 Å². The summed E-state index contributed by atoms with van der Waals surface area (Å²) in [6.45, 7) is 4.56. The topological polar surface area (TPSA) is 108 Å². The van der Waals surface area contributed by atoms with Crippen molar-refractivity contribution < 1.29 is 23.9 Å². The van der Waals surface area contributed by atoms with E-state index in [1.165, 1.54) is 38.8 Å². The fourth-order valence-corrected chi connectivity index (χ4v) is 6.04. The number of hydrogen-bond acceptors (Lipinski definition) is 7. The van der Waals surface area contributed by atoms with E-state index in [0.717, 1.165) is 36.3 Å². The van der Waals surface area contributed by atoms with Crippen LogP contribution in [-0.4, -0.2) is 78.4 Å². The summed E-state index contributed by atoms with van der Waals surface area (Å²) in [6, 6.07) is 4.98. The minimum absolute atomic E-state index is 0.106. The van der Waals surface area contributed by atoms with E-state index in [0.29, 0.717) is 24.4 Å². The van der Waals surface area contributed by atoms with Gasteiger partial charge in [-0.3, -0.25) is 29.4 Å². The number of carbonyl (C=O) groups excluding carboxylic acids is 4. The Bertz CT molecular complexity index is 999. The van der Waals surface area contributed by atoms with Crippen molar-refractivity contribution in [3.63, 3.8) is 0 Å². The molecule has 3 fully saturated rings. The summed E-state index contributed by atoms with van der Waals surface area (Å²) in [5.41, 5.74) is 1.16. The third-order valence-electron chi connectivity index (χ3n) is 7.75. The lowest BCUT2D eigenvalue weighted by atomic mass is 9.98. The molecule has 4 amide bonds. The van der Waals surface area contributed by atoms with Gasteiger partial charge in [0.1, 0.15) is 6.04 Å². The molecule has 0 aromatic heterocycles. The van der Waals surface area contributed by atoms with Gasteiger partial charge in [0.05, 0.1) is 11.1 Å². The molecule has 1 aromatic rings. The second kappa shape index (κ2) is 10.5. The maximum atomic E-state index is 13.1. The lowest BCUT2D eigenvalue weighted by Crippen LogP contribution is -2.54. The zero-order chi connectivity index (χ0) is 24.4. The first-order chi connectivity index (χ1) is 17.0. The first-order valence-corrected chi connectivity index (χ1v) is 12.9. The monoisotopic (exact) mass is 482 g/mol. The zero-order valence-electron chi connectivity index (χ0n) is 20.1. The lowest BCUT2D eigenvalue weighted by molar-refractivity contribution is -0.136. The summed E-state index contributed by atoms with van der Waals surface area (Å²) in [4.78, 5) is 53.4. The molecule has 5 rings (SSSR count). The molecule has 9 heteroatoms. The number of ether oxygens (including phenoxy) is 1. The Balaban J connectivity index is 1.05. The van der Waals surface area contributed by atoms with E-state index in [2.05, 4.69) is 15.5 Å². The summed E-state index contributed by atoms with van der Waals surface area (Å²) in [7, 11) is 0. The molecule has 0 aliphatic carbocycles. The third-order valence-corrected chi connectivity index (χ3v) is 7.75. The van der Waals surface area contributed by atoms with Crippen molar-refractivity contribution in [1.82, 2.24) is 15.1 Å². The molecule has 0 saturated carbocycles. The fourth-order valence-electron chi connectivity index (χ4n) is 6.04. The lowest BCUT2D eigenvalue weighted by Gasteiger charge is -2.27. The molecule has 0 radical (unpaired) electrons. The van der Waals surface area contributed by atoms with Crippen molar-refractivity contribution in [3.8, 4) is 0 Å². The number of nitrogens with one attached hydrogen (secondary N) is 2. The second-order valence-electron chi connectivity index (χ2n) is 10.1. The van der Waals surface area contributed by atoms with Gasteiger partial charge in [0.2, 0.25) is 11.8 Å². The first kappa shape index (κ1) is 23.9. The van der Waals surface area contributed by atoms with Crippen LogP contribution in [0.2, 0.25) is 0 Å². The SMILES string of the molecule is O=C1CCC(N2C(=O)c3cccc(NCCCOCCCC4CC5CCCN5C4)c3C2=O)C(=O)N1. The number of benzene rings is 1. The van der Waals surface area contributed by atoms with Crippen LogP contribution in [0.1, 0.15) is 72.1 Å². The third kappa shape index (κ3) is 4.97. The van der Waals surface area contributed by atoms with Crippen LogP contribution in [0.25, 0.3) is 0 Å². The Kier molecular flexibility index (Phi) is 7.15. The van der Waals surface area contributed by atoms with Gasteiger partial charge in [-0.05, 0) is 69.5 Å². The van der Waals surface area contributed by atoms with E-state index in [9.17, 15) is 19.2 Å². The molecule has 188 valence electrons. The molecular formula is C26H34N4O5. The van der Waals surface area contributed by atoms with Gasteiger partial charge in [-0.15, -0.1) is 0 Å². The maximum absolute atomic E-state index is 13.1. The Morgan fingerprint density at radius 3 is 2.74 bits per heavy atom. The molecule has 2 N–H and O–H groups in total. The highest BCUT2D eigenvalue weighted by Crippen LogP contribution is 2.34. The zero-order valence-corrected chi connectivity index (χ0v) is 20.1. The van der Waals surface area contributed by atoms with Crippen LogP contribution in [0.4, 0.5) is 5.69 Å². The number of piperidine rings is 1. The van der Waals surface area contributed by atoms with E-state index in [1.807, 2.05) is 0 Å². The van der Waals surface area contributed by atoms with Gasteiger partial charge < -0.3 is 15.0 Å². The molecule has 0 bridgehead atoms. The van der Waals surface area contributed by atoms with Gasteiger partial charge in [0, 0.05) is 44.5 Å². The van der Waals surface area contributed by atoms with Crippen molar-refractivity contribution in [3.05, 3.63) is 29.3 Å². The molecule has 0 spiro atoms. The Morgan fingerprint density at radius 2 is 1.91 bits per heavy atom. The van der Waals surface area contributed by atoms with Crippen molar-refractivity contribution in [1.29, 1.82) is 0 Å². The normalized spacial score (nSPS) is 26.3. The van der Waals surface area contributed by atoms with E-state index in [1.54, 1.807) is 18.2 Å². The number of imide groups is 2. The minimum atomic E-state index is -0.956. The number of rotatable bonds is 10. The average molecular weight is 483 g/mol. The summed E-state index contributed by atoms with van der Waals surface area (Å²) in [6.07, 6.45) is 7.46. The number of hydrogen-bond donors (Lipinski definition) is 2. The predicted molar refractivity (Wildman–Crippen MR) is 129 cm³/mol. The van der Waals surface area contributed by atoms with Crippen molar-refractivity contribution >= 4 is 29.3 Å². The van der Waals surface area contributed by atoms with E-state index < -0.39 is 23.8 Å². The largest absolute Gasteiger partial charge is 0.384 e. The van der Waals surface area contributed by atoms with E-state index >= 15 is 0 Å². The van der Waals surface area contributed by atoms with Crippen LogP contribution >= 0.6 is 0 Å². The summed E-state index contributed by atoms with van der Waals surface area (Å²) < 4.78 is 5.82. The molecule has 3 unspecified atom stereocenters. The highest BCUT2D eigenvalue weighted by Gasteiger charge is 2.45. The number of amides is 4. The summed E-state index contributed by atoms with van der Waals surface area (Å²) in [5.74, 6) is -1.15. The smallest absolute Gasteiger partial charge is 0.264 e. The van der Waals surface area contributed by atoms with Crippen LogP contribution in [0, 0.1) is 5.92 Å². The highest BCUT2D eigenvalue weighted by molar-refractivity contribution is 6.25. The molecule has 3 saturated heterocycles. The number of fused-ring (bicyclic) bond motifs is 2. The van der Waals surface area contributed by atoms with E-state index in [-0.39, 0.29) is 24.3 Å². The predicted octanol–water partition coefficient (Wildman–Crippen LogP) is 2.17. The maximum Gasteiger partial charge on any atom is 0.264 e. The Morgan fingerprint density at radius 1 is 1.06 bits per heavy atom. The van der Waals surface area contributed by atoms with Gasteiger partial charge in [0.25, 0.3) is 11.8 Å². The number of carbonyl (C=O) groups is 4. The number of anilines is 1. The Labute approximate surface area is 205 Å². The Hall–Kier alpha value is -2.78. The standard InChI is InChI=1S/C26H34N4O5/c31-22-10-9-21(24(32)28-22)30-25(33)19-7-1-8-20(23(19)26(30)34)27-11-4-14-35-13-3-5-17-15-18-6-2-12-29(18)16-17/h1,7-8,17-18,21,27H,2-6,9-16H2,(H,28,31,32). The van der Waals surface area contributed by atoms with Gasteiger partial charge in [-0.2, -0.15) is 0 Å². The van der Waals surface area contributed by atoms with Gasteiger partial charge >= 0.3 is 0 Å². The summed E-state index contributed by atoms with van der Waals surface area (Å²) in [5, 5.41) is 5.48. The van der Waals surface area contributed by atoms with Crippen LogP contribution in [0.3, 0.4) is 0 Å². The highest BCUT2D eigenvalue weighted by atomic mass is 16.5. The van der Waals surface area contributed by atoms with Crippen LogP contribution in [0.5, 0.6) is 0 Å². The van der Waals surface area contributed by atoms with Gasteiger partial charge in [0.15, 0.2) is 0 Å². The van der Waals surface area contributed by atoms with Crippen LogP contribution < -0.4 is 10.6 Å². The first-order valence-electron chi connectivity index (χ1n) is 12.9. The summed E-state index contributed by atoms with van der Waals surface area (Å²) >= 11 is 0. The van der Waals surface area contributed by atoms with Crippen LogP contribution in [0.15, 0.2) is 18.2 Å². The average Bonchev–Trinajstić information content (AvgIpc) is 3.50. The van der Waals surface area contributed by atoms with Gasteiger partial charge in [-0.25, -0.2) is 0 Å². The molecule has 4 aliphatic rings. The number of nitrogens with zero attached hydrogens (tertiary/aromatic N) is 2.